The molecule has 0 fully saturated rings. The molecule has 2 rings (SSSR count). The highest BCUT2D eigenvalue weighted by Gasteiger charge is 2.03. The second-order valence-corrected chi connectivity index (χ2v) is 3.19. The van der Waals surface area contributed by atoms with Gasteiger partial charge in [-0.25, -0.2) is 0 Å². The number of hydrogen-bond donors (Lipinski definition) is 1. The summed E-state index contributed by atoms with van der Waals surface area (Å²) < 4.78 is 0. The summed E-state index contributed by atoms with van der Waals surface area (Å²) in [6.45, 7) is 2.02. The highest BCUT2D eigenvalue weighted by atomic mass is 15.7. The van der Waals surface area contributed by atoms with Crippen molar-refractivity contribution in [1.29, 1.82) is 0 Å². The molecule has 2 aromatic rings. The van der Waals surface area contributed by atoms with E-state index < -0.39 is 0 Å². The van der Waals surface area contributed by atoms with Crippen LogP contribution in [0.5, 0.6) is 0 Å². The van der Waals surface area contributed by atoms with Gasteiger partial charge < -0.3 is 5.73 Å². The molecule has 82 valence electrons. The average Bonchev–Trinajstić information content (AvgIpc) is 2.73. The summed E-state index contributed by atoms with van der Waals surface area (Å²) in [6, 6.07) is 9.86. The highest BCUT2D eigenvalue weighted by molar-refractivity contribution is 6.00. The van der Waals surface area contributed by atoms with Gasteiger partial charge in [-0.05, 0) is 22.4 Å². The molecule has 0 aliphatic heterocycles. The SMILES string of the molecule is CCC(=Nn1nnnc1N)c1ccccc1. The molecule has 2 N–H and O–H groups in total. The molecule has 0 amide bonds. The van der Waals surface area contributed by atoms with Crippen molar-refractivity contribution in [3.63, 3.8) is 0 Å². The van der Waals surface area contributed by atoms with Gasteiger partial charge in [-0.2, -0.15) is 0 Å². The van der Waals surface area contributed by atoms with Gasteiger partial charge in [-0.1, -0.05) is 47.1 Å². The minimum Gasteiger partial charge on any atom is -0.365 e. The first kappa shape index (κ1) is 10.3. The first-order chi connectivity index (χ1) is 7.81. The largest absolute Gasteiger partial charge is 0.365 e. The van der Waals surface area contributed by atoms with Crippen molar-refractivity contribution >= 4 is 11.7 Å². The van der Waals surface area contributed by atoms with Crippen molar-refractivity contribution in [2.24, 2.45) is 5.10 Å². The van der Waals surface area contributed by atoms with Gasteiger partial charge in [-0.3, -0.25) is 0 Å². The lowest BCUT2D eigenvalue weighted by atomic mass is 10.1. The Labute approximate surface area is 92.8 Å². The minimum atomic E-state index is 0.182. The summed E-state index contributed by atoms with van der Waals surface area (Å²) in [5.74, 6) is 0.182. The van der Waals surface area contributed by atoms with Crippen LogP contribution in [-0.2, 0) is 0 Å². The van der Waals surface area contributed by atoms with E-state index in [4.69, 9.17) is 5.73 Å². The molecule has 0 bridgehead atoms. The Morgan fingerprint density at radius 2 is 2.12 bits per heavy atom. The molecule has 1 aromatic carbocycles. The van der Waals surface area contributed by atoms with E-state index in [1.165, 1.54) is 4.79 Å². The van der Waals surface area contributed by atoms with Crippen molar-refractivity contribution in [3.8, 4) is 0 Å². The predicted molar refractivity (Wildman–Crippen MR) is 60.9 cm³/mol. The molecule has 0 aliphatic rings. The Morgan fingerprint density at radius 1 is 1.38 bits per heavy atom. The van der Waals surface area contributed by atoms with Crippen LogP contribution in [0.4, 0.5) is 5.95 Å². The lowest BCUT2D eigenvalue weighted by Crippen LogP contribution is -2.06. The monoisotopic (exact) mass is 216 g/mol. The zero-order valence-electron chi connectivity index (χ0n) is 8.91. The van der Waals surface area contributed by atoms with Crippen molar-refractivity contribution < 1.29 is 0 Å². The van der Waals surface area contributed by atoms with Gasteiger partial charge in [0.15, 0.2) is 0 Å². The Morgan fingerprint density at radius 3 is 2.69 bits per heavy atom. The molecule has 0 atom stereocenters. The van der Waals surface area contributed by atoms with E-state index in [1.54, 1.807) is 0 Å². The zero-order chi connectivity index (χ0) is 11.4. The van der Waals surface area contributed by atoms with Gasteiger partial charge in [0.2, 0.25) is 0 Å². The van der Waals surface area contributed by atoms with Crippen LogP contribution < -0.4 is 5.73 Å². The Balaban J connectivity index is 2.37. The van der Waals surface area contributed by atoms with Crippen LogP contribution in [0.3, 0.4) is 0 Å². The molecular weight excluding hydrogens is 204 g/mol. The van der Waals surface area contributed by atoms with Crippen LogP contribution in [0.15, 0.2) is 35.4 Å². The van der Waals surface area contributed by atoms with E-state index in [2.05, 4.69) is 20.6 Å². The summed E-state index contributed by atoms with van der Waals surface area (Å²) in [5.41, 5.74) is 7.47. The van der Waals surface area contributed by atoms with Crippen LogP contribution in [0.2, 0.25) is 0 Å². The van der Waals surface area contributed by atoms with Gasteiger partial charge >= 0.3 is 0 Å². The number of anilines is 1. The van der Waals surface area contributed by atoms with Crippen LogP contribution in [0, 0.1) is 0 Å². The second-order valence-electron chi connectivity index (χ2n) is 3.19. The Hall–Kier alpha value is -2.24. The molecule has 0 unspecified atom stereocenters. The summed E-state index contributed by atoms with van der Waals surface area (Å²) in [7, 11) is 0. The topological polar surface area (TPSA) is 82.0 Å². The second kappa shape index (κ2) is 4.52. The molecular formula is C10H12N6. The maximum Gasteiger partial charge on any atom is 0.263 e. The number of nitrogen functional groups attached to an aromatic ring is 1. The van der Waals surface area contributed by atoms with E-state index in [9.17, 15) is 0 Å². The number of nitrogens with two attached hydrogens (primary N) is 1. The fourth-order valence-corrected chi connectivity index (χ4v) is 1.34. The standard InChI is InChI=1S/C10H12N6/c1-2-9(8-6-4-3-5-7-8)13-16-10(11)12-14-15-16/h3-7H,2H2,1H3,(H2,11,12,15). The fourth-order valence-electron chi connectivity index (χ4n) is 1.34. The molecule has 0 radical (unpaired) electrons. The van der Waals surface area contributed by atoms with Gasteiger partial charge in [-0.15, -0.1) is 5.10 Å². The Kier molecular flexibility index (Phi) is 2.90. The van der Waals surface area contributed by atoms with E-state index in [1.807, 2.05) is 37.3 Å². The normalized spacial score (nSPS) is 11.7. The number of hydrogen-bond acceptors (Lipinski definition) is 5. The highest BCUT2D eigenvalue weighted by Crippen LogP contribution is 2.05. The van der Waals surface area contributed by atoms with Crippen molar-refractivity contribution in [1.82, 2.24) is 20.3 Å². The quantitative estimate of drug-likeness (QED) is 0.773. The summed E-state index contributed by atoms with van der Waals surface area (Å²) in [4.78, 5) is 1.23. The molecule has 16 heavy (non-hydrogen) atoms. The van der Waals surface area contributed by atoms with E-state index in [0.29, 0.717) is 0 Å². The fraction of sp³-hybridized carbons (Fsp3) is 0.200. The minimum absolute atomic E-state index is 0.182. The van der Waals surface area contributed by atoms with Crippen molar-refractivity contribution in [2.45, 2.75) is 13.3 Å². The van der Waals surface area contributed by atoms with Crippen LogP contribution >= 0.6 is 0 Å². The predicted octanol–water partition coefficient (Wildman–Crippen LogP) is 0.918. The maximum atomic E-state index is 5.54. The lowest BCUT2D eigenvalue weighted by Gasteiger charge is -2.02. The number of rotatable bonds is 3. The molecule has 6 heteroatoms. The van der Waals surface area contributed by atoms with Crippen LogP contribution in [0.1, 0.15) is 18.9 Å². The summed E-state index contributed by atoms with van der Waals surface area (Å²) in [5, 5.41) is 15.0. The molecule has 0 aliphatic carbocycles. The number of nitrogens with zero attached hydrogens (tertiary/aromatic N) is 5. The van der Waals surface area contributed by atoms with E-state index in [-0.39, 0.29) is 5.95 Å². The number of tetrazole rings is 1. The molecule has 0 spiro atoms. The third-order valence-corrected chi connectivity index (χ3v) is 2.13. The molecule has 0 saturated heterocycles. The third-order valence-electron chi connectivity index (χ3n) is 2.13. The summed E-state index contributed by atoms with van der Waals surface area (Å²) in [6.07, 6.45) is 0.781. The molecule has 0 saturated carbocycles. The number of benzene rings is 1. The third kappa shape index (κ3) is 2.05. The van der Waals surface area contributed by atoms with Gasteiger partial charge in [0.05, 0.1) is 5.71 Å². The van der Waals surface area contributed by atoms with Gasteiger partial charge in [0, 0.05) is 0 Å². The van der Waals surface area contributed by atoms with Crippen LogP contribution in [-0.4, -0.2) is 26.0 Å². The van der Waals surface area contributed by atoms with Gasteiger partial charge in [0.25, 0.3) is 5.95 Å². The average molecular weight is 216 g/mol. The lowest BCUT2D eigenvalue weighted by molar-refractivity contribution is 0.694. The first-order valence-corrected chi connectivity index (χ1v) is 4.98. The van der Waals surface area contributed by atoms with E-state index in [0.717, 1.165) is 17.7 Å². The van der Waals surface area contributed by atoms with Crippen LogP contribution in [0.25, 0.3) is 0 Å². The van der Waals surface area contributed by atoms with Crippen molar-refractivity contribution in [2.75, 3.05) is 5.73 Å². The molecule has 1 heterocycles. The van der Waals surface area contributed by atoms with E-state index >= 15 is 0 Å². The molecule has 1 aromatic heterocycles. The van der Waals surface area contributed by atoms with Gasteiger partial charge in [0.1, 0.15) is 0 Å². The zero-order valence-corrected chi connectivity index (χ0v) is 8.91. The van der Waals surface area contributed by atoms with Crippen molar-refractivity contribution in [3.05, 3.63) is 35.9 Å². The Bertz CT molecular complexity index is 487. The smallest absolute Gasteiger partial charge is 0.263 e. The summed E-state index contributed by atoms with van der Waals surface area (Å²) >= 11 is 0. The molecule has 6 nitrogen and oxygen atoms in total. The number of aromatic nitrogens is 4. The maximum absolute atomic E-state index is 5.54. The first-order valence-electron chi connectivity index (χ1n) is 4.98.